The summed E-state index contributed by atoms with van der Waals surface area (Å²) in [6, 6.07) is 8.92. The average Bonchev–Trinajstić information content (AvgIpc) is 2.88. The zero-order valence-corrected chi connectivity index (χ0v) is 12.2. The van der Waals surface area contributed by atoms with Gasteiger partial charge in [0, 0.05) is 16.7 Å². The molecular formula is C14H15BrN2O2. The number of nitrogens with two attached hydrogens (primary N) is 1. The molecule has 0 aliphatic rings. The number of carbonyl (C=O) groups excluding carboxylic acids is 1. The van der Waals surface area contributed by atoms with Crippen molar-refractivity contribution in [1.29, 1.82) is 0 Å². The molecule has 0 saturated carbocycles. The van der Waals surface area contributed by atoms with Gasteiger partial charge in [0.1, 0.15) is 5.76 Å². The van der Waals surface area contributed by atoms with Crippen LogP contribution in [0.15, 0.2) is 45.5 Å². The van der Waals surface area contributed by atoms with Crippen molar-refractivity contribution in [3.05, 3.63) is 52.4 Å². The highest BCUT2D eigenvalue weighted by Gasteiger charge is 2.18. The van der Waals surface area contributed by atoms with E-state index in [1.54, 1.807) is 23.3 Å². The Kier molecular flexibility index (Phi) is 4.27. The molecule has 2 rings (SSSR count). The van der Waals surface area contributed by atoms with Crippen LogP contribution in [-0.2, 0) is 6.54 Å². The maximum atomic E-state index is 12.4. The third-order valence-electron chi connectivity index (χ3n) is 2.84. The molecule has 5 heteroatoms. The second-order valence-corrected chi connectivity index (χ2v) is 5.05. The predicted molar refractivity (Wildman–Crippen MR) is 77.7 cm³/mol. The van der Waals surface area contributed by atoms with Gasteiger partial charge in [-0.3, -0.25) is 4.79 Å². The summed E-state index contributed by atoms with van der Waals surface area (Å²) >= 11 is 3.33. The Hall–Kier alpha value is -1.75. The van der Waals surface area contributed by atoms with Crippen LogP contribution in [0.25, 0.3) is 0 Å². The minimum Gasteiger partial charge on any atom is -0.467 e. The summed E-state index contributed by atoms with van der Waals surface area (Å²) in [5.74, 6) is 0.662. The SMILES string of the molecule is CCN(Cc1ccco1)C(=O)c1ccc(Br)cc1N. The smallest absolute Gasteiger partial charge is 0.256 e. The summed E-state index contributed by atoms with van der Waals surface area (Å²) in [6.07, 6.45) is 1.60. The molecule has 1 aromatic heterocycles. The summed E-state index contributed by atoms with van der Waals surface area (Å²) in [5, 5.41) is 0. The molecule has 2 N–H and O–H groups in total. The van der Waals surface area contributed by atoms with Crippen LogP contribution in [0.3, 0.4) is 0 Å². The number of hydrogen-bond acceptors (Lipinski definition) is 3. The van der Waals surface area contributed by atoms with E-state index in [2.05, 4.69) is 15.9 Å². The molecule has 0 atom stereocenters. The number of carbonyl (C=O) groups is 1. The minimum atomic E-state index is -0.0936. The van der Waals surface area contributed by atoms with Gasteiger partial charge >= 0.3 is 0 Å². The van der Waals surface area contributed by atoms with Crippen molar-refractivity contribution in [2.75, 3.05) is 12.3 Å². The van der Waals surface area contributed by atoms with E-state index in [9.17, 15) is 4.79 Å². The molecule has 0 radical (unpaired) electrons. The fourth-order valence-electron chi connectivity index (χ4n) is 1.82. The number of rotatable bonds is 4. The van der Waals surface area contributed by atoms with E-state index in [1.807, 2.05) is 25.1 Å². The largest absolute Gasteiger partial charge is 0.467 e. The number of hydrogen-bond donors (Lipinski definition) is 1. The van der Waals surface area contributed by atoms with Crippen LogP contribution in [-0.4, -0.2) is 17.4 Å². The van der Waals surface area contributed by atoms with Crippen LogP contribution in [0.5, 0.6) is 0 Å². The van der Waals surface area contributed by atoms with Gasteiger partial charge in [-0.05, 0) is 37.3 Å². The van der Waals surface area contributed by atoms with Gasteiger partial charge in [-0.1, -0.05) is 15.9 Å². The number of halogens is 1. The van der Waals surface area contributed by atoms with Gasteiger partial charge in [0.25, 0.3) is 5.91 Å². The monoisotopic (exact) mass is 322 g/mol. The van der Waals surface area contributed by atoms with Crippen LogP contribution in [0.2, 0.25) is 0 Å². The van der Waals surface area contributed by atoms with Gasteiger partial charge in [-0.15, -0.1) is 0 Å². The van der Waals surface area contributed by atoms with E-state index in [4.69, 9.17) is 10.2 Å². The molecule has 4 nitrogen and oxygen atoms in total. The number of nitrogen functional groups attached to an aromatic ring is 1. The Balaban J connectivity index is 2.20. The van der Waals surface area contributed by atoms with Crippen LogP contribution in [0.4, 0.5) is 5.69 Å². The van der Waals surface area contributed by atoms with E-state index in [0.717, 1.165) is 10.2 Å². The number of furan rings is 1. The lowest BCUT2D eigenvalue weighted by Gasteiger charge is -2.20. The van der Waals surface area contributed by atoms with Crippen LogP contribution in [0, 0.1) is 0 Å². The zero-order chi connectivity index (χ0) is 13.8. The van der Waals surface area contributed by atoms with Crippen molar-refractivity contribution < 1.29 is 9.21 Å². The molecule has 1 amide bonds. The molecule has 0 bridgehead atoms. The van der Waals surface area contributed by atoms with Crippen molar-refractivity contribution >= 4 is 27.5 Å². The zero-order valence-electron chi connectivity index (χ0n) is 10.6. The van der Waals surface area contributed by atoms with Crippen molar-refractivity contribution in [3.63, 3.8) is 0 Å². The summed E-state index contributed by atoms with van der Waals surface area (Å²) < 4.78 is 6.13. The first-order chi connectivity index (χ1) is 9.11. The van der Waals surface area contributed by atoms with Crippen molar-refractivity contribution in [2.24, 2.45) is 0 Å². The second-order valence-electron chi connectivity index (χ2n) is 4.13. The van der Waals surface area contributed by atoms with Gasteiger partial charge in [0.2, 0.25) is 0 Å². The molecule has 0 unspecified atom stereocenters. The second kappa shape index (κ2) is 5.93. The van der Waals surface area contributed by atoms with Gasteiger partial charge in [0.05, 0.1) is 18.4 Å². The predicted octanol–water partition coefficient (Wildman–Crippen LogP) is 3.29. The lowest BCUT2D eigenvalue weighted by atomic mass is 10.1. The number of amides is 1. The Morgan fingerprint density at radius 3 is 2.79 bits per heavy atom. The van der Waals surface area contributed by atoms with Gasteiger partial charge < -0.3 is 15.1 Å². The van der Waals surface area contributed by atoms with Crippen molar-refractivity contribution in [3.8, 4) is 0 Å². The third kappa shape index (κ3) is 3.17. The van der Waals surface area contributed by atoms with E-state index >= 15 is 0 Å². The van der Waals surface area contributed by atoms with E-state index < -0.39 is 0 Å². The summed E-state index contributed by atoms with van der Waals surface area (Å²) in [5.41, 5.74) is 6.87. The van der Waals surface area contributed by atoms with Crippen molar-refractivity contribution in [2.45, 2.75) is 13.5 Å². The molecule has 0 aliphatic heterocycles. The highest BCUT2D eigenvalue weighted by molar-refractivity contribution is 9.10. The average molecular weight is 323 g/mol. The van der Waals surface area contributed by atoms with E-state index in [1.165, 1.54) is 0 Å². The lowest BCUT2D eigenvalue weighted by Crippen LogP contribution is -2.30. The summed E-state index contributed by atoms with van der Waals surface area (Å²) in [7, 11) is 0. The van der Waals surface area contributed by atoms with Crippen LogP contribution in [0.1, 0.15) is 23.0 Å². The molecular weight excluding hydrogens is 308 g/mol. The quantitative estimate of drug-likeness (QED) is 0.879. The molecule has 0 fully saturated rings. The molecule has 19 heavy (non-hydrogen) atoms. The standard InChI is InChI=1S/C14H15BrN2O2/c1-2-17(9-11-4-3-7-19-11)14(18)12-6-5-10(15)8-13(12)16/h3-8H,2,9,16H2,1H3. The highest BCUT2D eigenvalue weighted by atomic mass is 79.9. The van der Waals surface area contributed by atoms with Crippen LogP contribution < -0.4 is 5.73 Å². The lowest BCUT2D eigenvalue weighted by molar-refractivity contribution is 0.0742. The number of anilines is 1. The maximum absolute atomic E-state index is 12.4. The van der Waals surface area contributed by atoms with Crippen LogP contribution >= 0.6 is 15.9 Å². The molecule has 0 spiro atoms. The molecule has 0 aliphatic carbocycles. The first-order valence-corrected chi connectivity index (χ1v) is 6.77. The number of benzene rings is 1. The molecule has 1 heterocycles. The maximum Gasteiger partial charge on any atom is 0.256 e. The Morgan fingerprint density at radius 1 is 1.42 bits per heavy atom. The first-order valence-electron chi connectivity index (χ1n) is 5.98. The third-order valence-corrected chi connectivity index (χ3v) is 3.33. The fourth-order valence-corrected chi connectivity index (χ4v) is 2.20. The van der Waals surface area contributed by atoms with E-state index in [0.29, 0.717) is 24.3 Å². The summed E-state index contributed by atoms with van der Waals surface area (Å²) in [4.78, 5) is 14.1. The molecule has 1 aromatic carbocycles. The number of nitrogens with zero attached hydrogens (tertiary/aromatic N) is 1. The highest BCUT2D eigenvalue weighted by Crippen LogP contribution is 2.20. The molecule has 100 valence electrons. The summed E-state index contributed by atoms with van der Waals surface area (Å²) in [6.45, 7) is 2.96. The molecule has 2 aromatic rings. The van der Waals surface area contributed by atoms with Gasteiger partial charge in [0.15, 0.2) is 0 Å². The topological polar surface area (TPSA) is 59.5 Å². The first kappa shape index (κ1) is 13.7. The normalized spacial score (nSPS) is 10.4. The van der Waals surface area contributed by atoms with Gasteiger partial charge in [-0.2, -0.15) is 0 Å². The van der Waals surface area contributed by atoms with E-state index in [-0.39, 0.29) is 5.91 Å². The minimum absolute atomic E-state index is 0.0936. The van der Waals surface area contributed by atoms with Gasteiger partial charge in [-0.25, -0.2) is 0 Å². The molecule has 0 saturated heterocycles. The fraction of sp³-hybridized carbons (Fsp3) is 0.214. The Labute approximate surface area is 120 Å². The Bertz CT molecular complexity index is 567. The van der Waals surface area contributed by atoms with Crippen molar-refractivity contribution in [1.82, 2.24) is 4.90 Å². The Morgan fingerprint density at radius 2 is 2.21 bits per heavy atom.